The van der Waals surface area contributed by atoms with Gasteiger partial charge in [-0.1, -0.05) is 35.5 Å². The number of hydrogen-bond acceptors (Lipinski definition) is 6. The molecule has 0 radical (unpaired) electrons. The smallest absolute Gasteiger partial charge is 0.151 e. The van der Waals surface area contributed by atoms with E-state index < -0.39 is 0 Å². The first-order chi connectivity index (χ1) is 14.7. The summed E-state index contributed by atoms with van der Waals surface area (Å²) < 4.78 is 11.0. The molecule has 1 fully saturated rings. The second-order valence-corrected chi connectivity index (χ2v) is 7.78. The molecule has 0 saturated carbocycles. The summed E-state index contributed by atoms with van der Waals surface area (Å²) in [7, 11) is 3.80. The third-order valence-electron chi connectivity index (χ3n) is 5.66. The fraction of sp³-hybridized carbons (Fsp3) is 0.375. The number of aromatic nitrogens is 1. The average molecular weight is 407 g/mol. The van der Waals surface area contributed by atoms with E-state index in [9.17, 15) is 0 Å². The fourth-order valence-electron chi connectivity index (χ4n) is 3.90. The Morgan fingerprint density at radius 3 is 2.50 bits per heavy atom. The lowest BCUT2D eigenvalue weighted by molar-refractivity contribution is 0.202. The summed E-state index contributed by atoms with van der Waals surface area (Å²) in [6.45, 7) is 7.16. The molecular formula is C24H30N4O2. The van der Waals surface area contributed by atoms with E-state index in [1.54, 1.807) is 7.11 Å². The van der Waals surface area contributed by atoms with Crippen molar-refractivity contribution in [2.45, 2.75) is 6.54 Å². The van der Waals surface area contributed by atoms with Gasteiger partial charge in [0.2, 0.25) is 0 Å². The molecule has 158 valence electrons. The van der Waals surface area contributed by atoms with E-state index in [2.05, 4.69) is 57.2 Å². The number of ether oxygens (including phenoxy) is 1. The predicted octanol–water partition coefficient (Wildman–Crippen LogP) is 3.60. The quantitative estimate of drug-likeness (QED) is 0.570. The minimum absolute atomic E-state index is 0.742. The topological polar surface area (TPSA) is 45.0 Å². The Kier molecular flexibility index (Phi) is 6.67. The van der Waals surface area contributed by atoms with Gasteiger partial charge in [-0.25, -0.2) is 0 Å². The molecule has 0 atom stereocenters. The van der Waals surface area contributed by atoms with Gasteiger partial charge >= 0.3 is 0 Å². The Bertz CT molecular complexity index is 920. The minimum Gasteiger partial charge on any atom is -0.496 e. The Balaban J connectivity index is 1.24. The molecule has 4 rings (SSSR count). The zero-order valence-electron chi connectivity index (χ0n) is 17.8. The molecule has 2 heterocycles. The molecule has 1 saturated heterocycles. The van der Waals surface area contributed by atoms with Crippen molar-refractivity contribution in [3.8, 4) is 17.0 Å². The van der Waals surface area contributed by atoms with Gasteiger partial charge in [-0.2, -0.15) is 0 Å². The van der Waals surface area contributed by atoms with Crippen molar-refractivity contribution in [3.63, 3.8) is 0 Å². The summed E-state index contributed by atoms with van der Waals surface area (Å²) in [5.41, 5.74) is 3.09. The van der Waals surface area contributed by atoms with Crippen LogP contribution in [0.15, 0.2) is 65.2 Å². The van der Waals surface area contributed by atoms with Gasteiger partial charge in [0, 0.05) is 56.6 Å². The molecule has 0 spiro atoms. The number of anilines is 1. The molecular weight excluding hydrogens is 376 g/mol. The second kappa shape index (κ2) is 9.78. The molecule has 1 aliphatic rings. The maximum Gasteiger partial charge on any atom is 0.151 e. The monoisotopic (exact) mass is 406 g/mol. The van der Waals surface area contributed by atoms with Crippen LogP contribution in [-0.2, 0) is 6.54 Å². The molecule has 0 bridgehead atoms. The zero-order valence-corrected chi connectivity index (χ0v) is 17.8. The molecule has 2 aromatic carbocycles. The van der Waals surface area contributed by atoms with Gasteiger partial charge in [0.05, 0.1) is 13.7 Å². The van der Waals surface area contributed by atoms with Crippen molar-refractivity contribution in [2.75, 3.05) is 58.3 Å². The minimum atomic E-state index is 0.742. The lowest BCUT2D eigenvalue weighted by Crippen LogP contribution is -2.48. The van der Waals surface area contributed by atoms with Gasteiger partial charge < -0.3 is 14.2 Å². The summed E-state index contributed by atoms with van der Waals surface area (Å²) in [4.78, 5) is 7.29. The van der Waals surface area contributed by atoms with Crippen LogP contribution in [0, 0.1) is 0 Å². The van der Waals surface area contributed by atoms with Crippen LogP contribution in [0.1, 0.15) is 5.76 Å². The number of benzene rings is 2. The van der Waals surface area contributed by atoms with Crippen LogP contribution in [-0.4, -0.2) is 68.4 Å². The van der Waals surface area contributed by atoms with Crippen molar-refractivity contribution in [1.82, 2.24) is 15.0 Å². The lowest BCUT2D eigenvalue weighted by Gasteiger charge is -2.36. The first-order valence-corrected chi connectivity index (χ1v) is 10.5. The van der Waals surface area contributed by atoms with E-state index in [1.807, 2.05) is 30.3 Å². The van der Waals surface area contributed by atoms with Gasteiger partial charge in [0.1, 0.15) is 11.4 Å². The number of methoxy groups -OCH3 is 1. The second-order valence-electron chi connectivity index (χ2n) is 7.78. The summed E-state index contributed by atoms with van der Waals surface area (Å²) in [5.74, 6) is 1.67. The molecule has 0 unspecified atom stereocenters. The molecule has 0 N–H and O–H groups in total. The van der Waals surface area contributed by atoms with Gasteiger partial charge in [-0.05, 0) is 31.3 Å². The van der Waals surface area contributed by atoms with Gasteiger partial charge in [-0.3, -0.25) is 9.80 Å². The molecule has 0 amide bonds. The zero-order chi connectivity index (χ0) is 20.8. The van der Waals surface area contributed by atoms with E-state index in [0.717, 1.165) is 68.6 Å². The maximum absolute atomic E-state index is 5.58. The molecule has 3 aromatic rings. The Morgan fingerprint density at radius 1 is 1.00 bits per heavy atom. The Morgan fingerprint density at radius 2 is 1.73 bits per heavy atom. The molecule has 6 heteroatoms. The average Bonchev–Trinajstić information content (AvgIpc) is 3.27. The summed E-state index contributed by atoms with van der Waals surface area (Å²) in [6.07, 6.45) is 0. The molecule has 0 aliphatic carbocycles. The lowest BCUT2D eigenvalue weighted by atomic mass is 10.1. The summed E-state index contributed by atoms with van der Waals surface area (Å²) >= 11 is 0. The first kappa shape index (κ1) is 20.4. The van der Waals surface area contributed by atoms with Gasteiger partial charge in [-0.15, -0.1) is 0 Å². The number of nitrogens with zero attached hydrogens (tertiary/aromatic N) is 4. The number of likely N-dealkylation sites (N-methyl/N-ethyl adjacent to an activating group) is 1. The van der Waals surface area contributed by atoms with Crippen molar-refractivity contribution in [3.05, 3.63) is 66.4 Å². The van der Waals surface area contributed by atoms with Crippen LogP contribution in [0.2, 0.25) is 0 Å². The Labute approximate surface area is 178 Å². The van der Waals surface area contributed by atoms with Crippen LogP contribution in [0.5, 0.6) is 5.75 Å². The van der Waals surface area contributed by atoms with Crippen LogP contribution < -0.4 is 9.64 Å². The standard InChI is InChI=1S/C24H30N4O2/c1-26(12-13-27-14-16-28(17-15-27)20-8-4-3-5-9-20)19-21-18-23(25-30-21)22-10-6-7-11-24(22)29-2/h3-11,18H,12-17,19H2,1-2H3. The third kappa shape index (κ3) is 5.01. The predicted molar refractivity (Wildman–Crippen MR) is 120 cm³/mol. The highest BCUT2D eigenvalue weighted by atomic mass is 16.5. The molecule has 30 heavy (non-hydrogen) atoms. The van der Waals surface area contributed by atoms with E-state index in [0.29, 0.717) is 0 Å². The molecule has 6 nitrogen and oxygen atoms in total. The Hall–Kier alpha value is -2.83. The molecule has 1 aliphatic heterocycles. The highest BCUT2D eigenvalue weighted by molar-refractivity contribution is 5.66. The van der Waals surface area contributed by atoms with Crippen LogP contribution in [0.3, 0.4) is 0 Å². The van der Waals surface area contributed by atoms with E-state index in [1.165, 1.54) is 5.69 Å². The highest BCUT2D eigenvalue weighted by Gasteiger charge is 2.18. The maximum atomic E-state index is 5.58. The largest absolute Gasteiger partial charge is 0.496 e. The normalized spacial score (nSPS) is 15.0. The highest BCUT2D eigenvalue weighted by Crippen LogP contribution is 2.29. The fourth-order valence-corrected chi connectivity index (χ4v) is 3.90. The van der Waals surface area contributed by atoms with E-state index in [4.69, 9.17) is 9.26 Å². The van der Waals surface area contributed by atoms with Crippen LogP contribution in [0.4, 0.5) is 5.69 Å². The number of rotatable bonds is 8. The van der Waals surface area contributed by atoms with Crippen LogP contribution >= 0.6 is 0 Å². The van der Waals surface area contributed by atoms with E-state index >= 15 is 0 Å². The third-order valence-corrected chi connectivity index (χ3v) is 5.66. The number of para-hydroxylation sites is 2. The van der Waals surface area contributed by atoms with Crippen LogP contribution in [0.25, 0.3) is 11.3 Å². The molecule has 1 aromatic heterocycles. The number of hydrogen-bond donors (Lipinski definition) is 0. The van der Waals surface area contributed by atoms with E-state index in [-0.39, 0.29) is 0 Å². The first-order valence-electron chi connectivity index (χ1n) is 10.5. The van der Waals surface area contributed by atoms with Crippen molar-refractivity contribution in [2.24, 2.45) is 0 Å². The SMILES string of the molecule is COc1ccccc1-c1cc(CN(C)CCN2CCN(c3ccccc3)CC2)on1. The van der Waals surface area contributed by atoms with Crippen molar-refractivity contribution < 1.29 is 9.26 Å². The summed E-state index contributed by atoms with van der Waals surface area (Å²) in [6, 6.07) is 20.6. The number of piperazine rings is 1. The van der Waals surface area contributed by atoms with Gasteiger partial charge in [0.15, 0.2) is 5.76 Å². The van der Waals surface area contributed by atoms with Crippen molar-refractivity contribution >= 4 is 5.69 Å². The summed E-state index contributed by atoms with van der Waals surface area (Å²) in [5, 5.41) is 4.24. The van der Waals surface area contributed by atoms with Gasteiger partial charge in [0.25, 0.3) is 0 Å². The van der Waals surface area contributed by atoms with Crippen molar-refractivity contribution in [1.29, 1.82) is 0 Å².